The van der Waals surface area contributed by atoms with Gasteiger partial charge in [0.1, 0.15) is 0 Å². The molecule has 0 aromatic rings. The van der Waals surface area contributed by atoms with Crippen LogP contribution in [0.15, 0.2) is 0 Å². The largest absolute Gasteiger partial charge is 0.358 e. The molecule has 2 atom stereocenters. The van der Waals surface area contributed by atoms with E-state index in [1.54, 1.807) is 0 Å². The van der Waals surface area contributed by atoms with Crippen LogP contribution in [0, 0.1) is 17.8 Å². The standard InChI is InChI=1S/C7H11O2/c1-4(2)5-3-6(5)7(8)9/h4-6H,3H2,1-2H3. The third-order valence-corrected chi connectivity index (χ3v) is 2.00. The van der Waals surface area contributed by atoms with Crippen molar-refractivity contribution in [2.45, 2.75) is 20.3 Å². The Bertz CT molecular complexity index is 129. The normalized spacial score (nSPS) is 32.8. The highest BCUT2D eigenvalue weighted by molar-refractivity contribution is 5.73. The SMILES string of the molecule is CC(C)C1CC1C([O])=O. The van der Waals surface area contributed by atoms with Crippen molar-refractivity contribution in [3.05, 3.63) is 0 Å². The summed E-state index contributed by atoms with van der Waals surface area (Å²) in [6.07, 6.45) is 0.833. The Morgan fingerprint density at radius 3 is 2.22 bits per heavy atom. The second kappa shape index (κ2) is 2.01. The molecule has 2 nitrogen and oxygen atoms in total. The van der Waals surface area contributed by atoms with Gasteiger partial charge >= 0.3 is 5.97 Å². The fraction of sp³-hybridized carbons (Fsp3) is 0.857. The second-order valence-electron chi connectivity index (χ2n) is 3.07. The van der Waals surface area contributed by atoms with E-state index < -0.39 is 5.97 Å². The summed E-state index contributed by atoms with van der Waals surface area (Å²) in [5, 5.41) is 10.2. The van der Waals surface area contributed by atoms with Crippen LogP contribution in [-0.4, -0.2) is 5.97 Å². The predicted octanol–water partition coefficient (Wildman–Crippen LogP) is 1.24. The van der Waals surface area contributed by atoms with Crippen LogP contribution in [0.4, 0.5) is 0 Å². The van der Waals surface area contributed by atoms with Gasteiger partial charge in [0.2, 0.25) is 0 Å². The molecule has 0 aliphatic heterocycles. The predicted molar refractivity (Wildman–Crippen MR) is 32.1 cm³/mol. The summed E-state index contributed by atoms with van der Waals surface area (Å²) in [6.45, 7) is 4.10. The smallest absolute Gasteiger partial charge is 0.247 e. The van der Waals surface area contributed by atoms with E-state index in [9.17, 15) is 9.90 Å². The van der Waals surface area contributed by atoms with Crippen molar-refractivity contribution in [2.24, 2.45) is 17.8 Å². The van der Waals surface area contributed by atoms with Crippen LogP contribution in [0.2, 0.25) is 0 Å². The van der Waals surface area contributed by atoms with Gasteiger partial charge in [0, 0.05) is 0 Å². The fourth-order valence-electron chi connectivity index (χ4n) is 1.22. The van der Waals surface area contributed by atoms with Gasteiger partial charge < -0.3 is 0 Å². The Labute approximate surface area is 54.9 Å². The average Bonchev–Trinajstić information content (AvgIpc) is 2.39. The first-order valence-electron chi connectivity index (χ1n) is 3.33. The minimum Gasteiger partial charge on any atom is -0.247 e. The lowest BCUT2D eigenvalue weighted by molar-refractivity contribution is -0.145. The van der Waals surface area contributed by atoms with E-state index in [-0.39, 0.29) is 5.92 Å². The van der Waals surface area contributed by atoms with Gasteiger partial charge in [-0.3, -0.25) is 0 Å². The number of carbonyl (C=O) groups excluding carboxylic acids is 1. The number of rotatable bonds is 2. The number of carbonyl (C=O) groups is 1. The van der Waals surface area contributed by atoms with E-state index in [0.717, 1.165) is 6.42 Å². The van der Waals surface area contributed by atoms with Crippen LogP contribution in [0.3, 0.4) is 0 Å². The molecule has 1 rings (SSSR count). The molecule has 1 aliphatic carbocycles. The Kier molecular flexibility index (Phi) is 1.47. The van der Waals surface area contributed by atoms with Gasteiger partial charge in [-0.1, -0.05) is 13.8 Å². The average molecular weight is 127 g/mol. The summed E-state index contributed by atoms with van der Waals surface area (Å²) in [7, 11) is 0. The van der Waals surface area contributed by atoms with Crippen molar-refractivity contribution in [3.63, 3.8) is 0 Å². The molecule has 1 fully saturated rings. The van der Waals surface area contributed by atoms with Crippen molar-refractivity contribution in [2.75, 3.05) is 0 Å². The molecule has 0 spiro atoms. The molecule has 51 valence electrons. The summed E-state index contributed by atoms with van der Waals surface area (Å²) < 4.78 is 0. The van der Waals surface area contributed by atoms with E-state index in [2.05, 4.69) is 0 Å². The minimum atomic E-state index is -0.867. The highest BCUT2D eigenvalue weighted by Gasteiger charge is 2.45. The van der Waals surface area contributed by atoms with Crippen LogP contribution in [0.1, 0.15) is 20.3 Å². The van der Waals surface area contributed by atoms with Gasteiger partial charge in [0.15, 0.2) is 0 Å². The molecule has 0 bridgehead atoms. The summed E-state index contributed by atoms with van der Waals surface area (Å²) in [6, 6.07) is 0. The van der Waals surface area contributed by atoms with Crippen LogP contribution < -0.4 is 0 Å². The van der Waals surface area contributed by atoms with Crippen LogP contribution >= 0.6 is 0 Å². The molecule has 2 heteroatoms. The summed E-state index contributed by atoms with van der Waals surface area (Å²) in [4.78, 5) is 10.2. The zero-order valence-corrected chi connectivity index (χ0v) is 5.76. The van der Waals surface area contributed by atoms with Crippen LogP contribution in [0.25, 0.3) is 0 Å². The van der Waals surface area contributed by atoms with Crippen molar-refractivity contribution < 1.29 is 9.90 Å². The topological polar surface area (TPSA) is 37.0 Å². The monoisotopic (exact) mass is 127 g/mol. The Hall–Kier alpha value is -0.530. The van der Waals surface area contributed by atoms with Crippen LogP contribution in [0.5, 0.6) is 0 Å². The van der Waals surface area contributed by atoms with Gasteiger partial charge in [-0.25, -0.2) is 9.90 Å². The maximum Gasteiger partial charge on any atom is 0.358 e. The lowest BCUT2D eigenvalue weighted by atomic mass is 10.1. The molecular weight excluding hydrogens is 116 g/mol. The summed E-state index contributed by atoms with van der Waals surface area (Å²) in [5.41, 5.74) is 0. The van der Waals surface area contributed by atoms with Crippen molar-refractivity contribution in [1.29, 1.82) is 0 Å². The quantitative estimate of drug-likeness (QED) is 0.549. The third kappa shape index (κ3) is 1.23. The van der Waals surface area contributed by atoms with E-state index >= 15 is 0 Å². The molecule has 0 aromatic carbocycles. The van der Waals surface area contributed by atoms with Gasteiger partial charge in [0.25, 0.3) is 0 Å². The molecule has 0 heterocycles. The zero-order valence-electron chi connectivity index (χ0n) is 5.76. The van der Waals surface area contributed by atoms with Crippen molar-refractivity contribution in [3.8, 4) is 0 Å². The van der Waals surface area contributed by atoms with Gasteiger partial charge in [0.05, 0.1) is 5.92 Å². The molecular formula is C7H11O2. The maximum atomic E-state index is 10.2. The molecule has 9 heavy (non-hydrogen) atoms. The minimum absolute atomic E-state index is 0.134. The molecule has 0 saturated heterocycles. The van der Waals surface area contributed by atoms with Crippen molar-refractivity contribution >= 4 is 5.97 Å². The molecule has 0 amide bonds. The first kappa shape index (κ1) is 6.59. The molecule has 0 aromatic heterocycles. The van der Waals surface area contributed by atoms with Gasteiger partial charge in [-0.05, 0) is 18.3 Å². The first-order valence-corrected chi connectivity index (χ1v) is 3.33. The number of hydrogen-bond acceptors (Lipinski definition) is 1. The first-order chi connectivity index (χ1) is 4.13. The third-order valence-electron chi connectivity index (χ3n) is 2.00. The lowest BCUT2D eigenvalue weighted by Crippen LogP contribution is -2.01. The zero-order chi connectivity index (χ0) is 7.02. The molecule has 1 radical (unpaired) electrons. The Balaban J connectivity index is 2.33. The van der Waals surface area contributed by atoms with E-state index in [1.165, 1.54) is 0 Å². The summed E-state index contributed by atoms with van der Waals surface area (Å²) in [5.74, 6) is -0.0957. The lowest BCUT2D eigenvalue weighted by Gasteiger charge is -1.97. The summed E-state index contributed by atoms with van der Waals surface area (Å²) >= 11 is 0. The van der Waals surface area contributed by atoms with E-state index in [1.807, 2.05) is 13.8 Å². The second-order valence-corrected chi connectivity index (χ2v) is 3.07. The molecule has 1 saturated carbocycles. The molecule has 2 unspecified atom stereocenters. The highest BCUT2D eigenvalue weighted by Crippen LogP contribution is 2.44. The van der Waals surface area contributed by atoms with Crippen LogP contribution in [-0.2, 0) is 9.90 Å². The Morgan fingerprint density at radius 1 is 1.56 bits per heavy atom. The molecule has 1 aliphatic rings. The highest BCUT2D eigenvalue weighted by atomic mass is 16.4. The van der Waals surface area contributed by atoms with E-state index in [4.69, 9.17) is 0 Å². The fourth-order valence-corrected chi connectivity index (χ4v) is 1.22. The Morgan fingerprint density at radius 2 is 2.11 bits per heavy atom. The van der Waals surface area contributed by atoms with Gasteiger partial charge in [-0.15, -0.1) is 0 Å². The van der Waals surface area contributed by atoms with E-state index in [0.29, 0.717) is 11.8 Å². The van der Waals surface area contributed by atoms with Crippen molar-refractivity contribution in [1.82, 2.24) is 0 Å². The molecule has 0 N–H and O–H groups in total. The maximum absolute atomic E-state index is 10.2. The number of hydrogen-bond donors (Lipinski definition) is 0. The van der Waals surface area contributed by atoms with Gasteiger partial charge in [-0.2, -0.15) is 0 Å².